The van der Waals surface area contributed by atoms with Crippen molar-refractivity contribution in [3.05, 3.63) is 70.2 Å². The second-order valence-electron chi connectivity index (χ2n) is 5.01. The molecule has 2 rings (SSSR count). The van der Waals surface area contributed by atoms with Crippen molar-refractivity contribution in [2.24, 2.45) is 0 Å². The molecule has 0 heterocycles. The van der Waals surface area contributed by atoms with Crippen LogP contribution in [0.5, 0.6) is 0 Å². The van der Waals surface area contributed by atoms with Crippen LogP contribution in [-0.4, -0.2) is 10.7 Å². The van der Waals surface area contributed by atoms with Crippen LogP contribution in [0.3, 0.4) is 0 Å². The Morgan fingerprint density at radius 1 is 0.947 bits per heavy atom. The molecule has 1 atom stereocenters. The molecular formula is C17H19BrO. The fourth-order valence-corrected chi connectivity index (χ4v) is 2.71. The van der Waals surface area contributed by atoms with Gasteiger partial charge in [-0.25, -0.2) is 0 Å². The van der Waals surface area contributed by atoms with Gasteiger partial charge in [0.15, 0.2) is 0 Å². The van der Waals surface area contributed by atoms with Gasteiger partial charge in [0.2, 0.25) is 0 Å². The van der Waals surface area contributed by atoms with Crippen LogP contribution in [0.25, 0.3) is 0 Å². The summed E-state index contributed by atoms with van der Waals surface area (Å²) in [5.74, 6) is 0. The Hall–Kier alpha value is -1.12. The average Bonchev–Trinajstić information content (AvgIpc) is 2.42. The summed E-state index contributed by atoms with van der Waals surface area (Å²) < 4.78 is 1.06. The van der Waals surface area contributed by atoms with E-state index in [-0.39, 0.29) is 0 Å². The first-order valence-electron chi connectivity index (χ1n) is 6.63. The normalized spacial score (nSPS) is 14.1. The van der Waals surface area contributed by atoms with Gasteiger partial charge in [0, 0.05) is 17.3 Å². The van der Waals surface area contributed by atoms with E-state index in [1.165, 1.54) is 5.56 Å². The van der Waals surface area contributed by atoms with Crippen molar-refractivity contribution < 1.29 is 5.11 Å². The van der Waals surface area contributed by atoms with Gasteiger partial charge in [-0.15, -0.1) is 0 Å². The molecule has 1 unspecified atom stereocenters. The molecule has 0 aliphatic rings. The van der Waals surface area contributed by atoms with E-state index in [4.69, 9.17) is 0 Å². The lowest BCUT2D eigenvalue weighted by Gasteiger charge is -2.27. The number of benzene rings is 2. The first-order valence-corrected chi connectivity index (χ1v) is 7.42. The Balaban J connectivity index is 2.17. The molecule has 0 fully saturated rings. The van der Waals surface area contributed by atoms with E-state index in [2.05, 4.69) is 34.1 Å². The van der Waals surface area contributed by atoms with Crippen molar-refractivity contribution in [2.45, 2.75) is 31.8 Å². The molecule has 0 spiro atoms. The standard InChI is InChI=1S/C17H19BrO/c1-2-17(19,12-14-8-4-3-5-9-14)13-15-10-6-7-11-16(15)18/h3-11,19H,2,12-13H2,1H3. The molecule has 2 aromatic rings. The third-order valence-electron chi connectivity index (χ3n) is 3.51. The second kappa shape index (κ2) is 6.36. The molecule has 0 saturated carbocycles. The van der Waals surface area contributed by atoms with E-state index in [0.717, 1.165) is 16.5 Å². The molecule has 0 saturated heterocycles. The summed E-state index contributed by atoms with van der Waals surface area (Å²) in [4.78, 5) is 0. The van der Waals surface area contributed by atoms with E-state index < -0.39 is 5.60 Å². The Morgan fingerprint density at radius 3 is 2.21 bits per heavy atom. The fourth-order valence-electron chi connectivity index (χ4n) is 2.28. The van der Waals surface area contributed by atoms with Crippen LogP contribution < -0.4 is 0 Å². The summed E-state index contributed by atoms with van der Waals surface area (Å²) >= 11 is 3.55. The third-order valence-corrected chi connectivity index (χ3v) is 4.29. The molecule has 1 N–H and O–H groups in total. The molecule has 0 bridgehead atoms. The molecule has 0 amide bonds. The summed E-state index contributed by atoms with van der Waals surface area (Å²) in [6.45, 7) is 2.04. The first kappa shape index (κ1) is 14.3. The predicted molar refractivity (Wildman–Crippen MR) is 83.2 cm³/mol. The predicted octanol–water partition coefficient (Wildman–Crippen LogP) is 4.38. The Bertz CT molecular complexity index is 524. The van der Waals surface area contributed by atoms with E-state index in [1.54, 1.807) is 0 Å². The molecule has 0 radical (unpaired) electrons. The van der Waals surface area contributed by atoms with Gasteiger partial charge in [-0.1, -0.05) is 71.4 Å². The van der Waals surface area contributed by atoms with Crippen molar-refractivity contribution in [3.8, 4) is 0 Å². The van der Waals surface area contributed by atoms with Gasteiger partial charge in [0.1, 0.15) is 0 Å². The molecule has 0 aliphatic carbocycles. The summed E-state index contributed by atoms with van der Waals surface area (Å²) in [7, 11) is 0. The van der Waals surface area contributed by atoms with Crippen molar-refractivity contribution in [1.82, 2.24) is 0 Å². The topological polar surface area (TPSA) is 20.2 Å². The maximum atomic E-state index is 10.8. The highest BCUT2D eigenvalue weighted by atomic mass is 79.9. The molecule has 0 aromatic heterocycles. The third kappa shape index (κ3) is 3.92. The lowest BCUT2D eigenvalue weighted by Crippen LogP contribution is -2.33. The molecule has 0 aliphatic heterocycles. The molecule has 2 heteroatoms. The SMILES string of the molecule is CCC(O)(Cc1ccccc1)Cc1ccccc1Br. The summed E-state index contributed by atoms with van der Waals surface area (Å²) in [6.07, 6.45) is 2.09. The Morgan fingerprint density at radius 2 is 1.58 bits per heavy atom. The second-order valence-corrected chi connectivity index (χ2v) is 5.86. The minimum atomic E-state index is -0.689. The number of hydrogen-bond donors (Lipinski definition) is 1. The number of aliphatic hydroxyl groups is 1. The average molecular weight is 319 g/mol. The van der Waals surface area contributed by atoms with Gasteiger partial charge in [-0.2, -0.15) is 0 Å². The van der Waals surface area contributed by atoms with Gasteiger partial charge < -0.3 is 5.11 Å². The maximum Gasteiger partial charge on any atom is 0.0725 e. The van der Waals surface area contributed by atoms with Gasteiger partial charge in [0.25, 0.3) is 0 Å². The summed E-state index contributed by atoms with van der Waals surface area (Å²) in [6, 6.07) is 18.3. The maximum absolute atomic E-state index is 10.8. The van der Waals surface area contributed by atoms with Crippen molar-refractivity contribution in [1.29, 1.82) is 0 Å². The highest BCUT2D eigenvalue weighted by molar-refractivity contribution is 9.10. The van der Waals surface area contributed by atoms with Gasteiger partial charge in [0.05, 0.1) is 5.60 Å². The number of halogens is 1. The van der Waals surface area contributed by atoms with E-state index in [0.29, 0.717) is 12.8 Å². The van der Waals surface area contributed by atoms with E-state index in [1.807, 2.05) is 43.3 Å². The fraction of sp³-hybridized carbons (Fsp3) is 0.294. The van der Waals surface area contributed by atoms with Crippen LogP contribution in [0, 0.1) is 0 Å². The number of hydrogen-bond acceptors (Lipinski definition) is 1. The Labute approximate surface area is 123 Å². The minimum absolute atomic E-state index is 0.666. The zero-order chi connectivity index (χ0) is 13.7. The van der Waals surface area contributed by atoms with Crippen LogP contribution in [0.15, 0.2) is 59.1 Å². The van der Waals surface area contributed by atoms with E-state index in [9.17, 15) is 5.11 Å². The monoisotopic (exact) mass is 318 g/mol. The van der Waals surface area contributed by atoms with Gasteiger partial charge in [-0.3, -0.25) is 0 Å². The molecular weight excluding hydrogens is 300 g/mol. The highest BCUT2D eigenvalue weighted by Crippen LogP contribution is 2.26. The summed E-state index contributed by atoms with van der Waals surface area (Å²) in [5.41, 5.74) is 1.65. The lowest BCUT2D eigenvalue weighted by atomic mass is 9.86. The zero-order valence-corrected chi connectivity index (χ0v) is 12.7. The minimum Gasteiger partial charge on any atom is -0.389 e. The van der Waals surface area contributed by atoms with E-state index >= 15 is 0 Å². The smallest absolute Gasteiger partial charge is 0.0725 e. The van der Waals surface area contributed by atoms with Crippen LogP contribution in [0.4, 0.5) is 0 Å². The van der Waals surface area contributed by atoms with Crippen LogP contribution in [0.2, 0.25) is 0 Å². The highest BCUT2D eigenvalue weighted by Gasteiger charge is 2.26. The van der Waals surface area contributed by atoms with Crippen molar-refractivity contribution in [3.63, 3.8) is 0 Å². The summed E-state index contributed by atoms with van der Waals surface area (Å²) in [5, 5.41) is 10.8. The number of rotatable bonds is 5. The van der Waals surface area contributed by atoms with Crippen molar-refractivity contribution >= 4 is 15.9 Å². The quantitative estimate of drug-likeness (QED) is 0.867. The lowest BCUT2D eigenvalue weighted by molar-refractivity contribution is 0.0367. The van der Waals surface area contributed by atoms with Crippen LogP contribution >= 0.6 is 15.9 Å². The molecule has 19 heavy (non-hydrogen) atoms. The zero-order valence-electron chi connectivity index (χ0n) is 11.1. The van der Waals surface area contributed by atoms with Crippen LogP contribution in [-0.2, 0) is 12.8 Å². The molecule has 2 aromatic carbocycles. The van der Waals surface area contributed by atoms with Gasteiger partial charge in [-0.05, 0) is 23.6 Å². The first-order chi connectivity index (χ1) is 9.13. The van der Waals surface area contributed by atoms with Gasteiger partial charge >= 0.3 is 0 Å². The largest absolute Gasteiger partial charge is 0.389 e. The van der Waals surface area contributed by atoms with Crippen molar-refractivity contribution in [2.75, 3.05) is 0 Å². The molecule has 1 nitrogen and oxygen atoms in total. The van der Waals surface area contributed by atoms with Crippen LogP contribution in [0.1, 0.15) is 24.5 Å². The molecule has 100 valence electrons. The Kier molecular flexibility index (Phi) is 4.78.